The fourth-order valence-electron chi connectivity index (χ4n) is 8.12. The summed E-state index contributed by atoms with van der Waals surface area (Å²) in [4.78, 5) is 57.8. The van der Waals surface area contributed by atoms with Crippen LogP contribution in [0.1, 0.15) is 22.8 Å². The summed E-state index contributed by atoms with van der Waals surface area (Å²) in [7, 11) is 1.51. The van der Waals surface area contributed by atoms with Gasteiger partial charge in [0, 0.05) is 21.7 Å². The van der Waals surface area contributed by atoms with Crippen LogP contribution in [0.4, 0.5) is 15.8 Å². The summed E-state index contributed by atoms with van der Waals surface area (Å²) in [5, 5.41) is 13.0. The normalized spacial score (nSPS) is 26.9. The van der Waals surface area contributed by atoms with Gasteiger partial charge in [-0.2, -0.15) is 0 Å². The van der Waals surface area contributed by atoms with E-state index in [-0.39, 0.29) is 58.0 Å². The van der Waals surface area contributed by atoms with Gasteiger partial charge in [-0.05, 0) is 90.4 Å². The van der Waals surface area contributed by atoms with E-state index in [1.54, 1.807) is 30.0 Å². The van der Waals surface area contributed by atoms with Gasteiger partial charge in [-0.15, -0.1) is 11.8 Å². The third kappa shape index (κ3) is 4.82. The zero-order chi connectivity index (χ0) is 32.6. The smallest absolute Gasteiger partial charge is 0.305 e. The van der Waals surface area contributed by atoms with Gasteiger partial charge in [-0.25, -0.2) is 4.39 Å². The number of benzene rings is 3. The van der Waals surface area contributed by atoms with Crippen LogP contribution in [0.25, 0.3) is 0 Å². The highest BCUT2D eigenvalue weighted by atomic mass is 32.2. The quantitative estimate of drug-likeness (QED) is 0.185. The highest BCUT2D eigenvalue weighted by molar-refractivity contribution is 8.00. The number of ether oxygens (including phenoxy) is 2. The molecule has 10 nitrogen and oxygen atoms in total. The van der Waals surface area contributed by atoms with Crippen molar-refractivity contribution in [3.8, 4) is 17.2 Å². The maximum absolute atomic E-state index is 13.9. The predicted octanol–water partition coefficient (Wildman–Crippen LogP) is 4.99. The number of thiazole rings is 1. The Morgan fingerprint density at radius 3 is 2.45 bits per heavy atom. The number of nitrogens with one attached hydrogen (secondary N) is 2. The number of hydrogen-bond donors (Lipinski definition) is 3. The molecule has 0 unspecified atom stereocenters. The molecule has 0 spiro atoms. The molecule has 13 heteroatoms. The Morgan fingerprint density at radius 2 is 1.72 bits per heavy atom. The van der Waals surface area contributed by atoms with Crippen LogP contribution in [-0.4, -0.2) is 46.8 Å². The van der Waals surface area contributed by atoms with E-state index in [0.717, 1.165) is 33.2 Å². The van der Waals surface area contributed by atoms with E-state index in [9.17, 15) is 28.7 Å². The first kappa shape index (κ1) is 29.8. The predicted molar refractivity (Wildman–Crippen MR) is 173 cm³/mol. The largest absolute Gasteiger partial charge is 0.508 e. The van der Waals surface area contributed by atoms with E-state index in [0.29, 0.717) is 22.9 Å². The molecule has 2 saturated carbocycles. The molecule has 3 heterocycles. The Kier molecular flexibility index (Phi) is 7.14. The van der Waals surface area contributed by atoms with Gasteiger partial charge in [0.05, 0.1) is 29.7 Å². The van der Waals surface area contributed by atoms with Crippen LogP contribution in [-0.2, 0) is 14.4 Å². The van der Waals surface area contributed by atoms with Gasteiger partial charge in [-0.3, -0.25) is 24.1 Å². The third-order valence-electron chi connectivity index (χ3n) is 9.87. The number of H-pyrrole nitrogens is 1. The molecule has 3 fully saturated rings. The zero-order valence-corrected chi connectivity index (χ0v) is 26.5. The molecule has 240 valence electrons. The molecule has 0 radical (unpaired) electrons. The van der Waals surface area contributed by atoms with Crippen molar-refractivity contribution in [3.63, 3.8) is 0 Å². The van der Waals surface area contributed by atoms with Crippen molar-refractivity contribution in [2.24, 2.45) is 29.6 Å². The van der Waals surface area contributed by atoms with E-state index in [1.807, 2.05) is 12.1 Å². The molecular formula is C34H28FN3O7S2. The first-order chi connectivity index (χ1) is 22.7. The van der Waals surface area contributed by atoms with Crippen molar-refractivity contribution < 1.29 is 33.4 Å². The Morgan fingerprint density at radius 1 is 1.00 bits per heavy atom. The van der Waals surface area contributed by atoms with Crippen molar-refractivity contribution in [2.45, 2.75) is 22.6 Å². The number of carbonyl (C=O) groups excluding carboxylic acids is 3. The number of rotatable bonds is 7. The molecule has 4 aliphatic rings. The van der Waals surface area contributed by atoms with Gasteiger partial charge >= 0.3 is 4.87 Å². The van der Waals surface area contributed by atoms with Gasteiger partial charge in [0.2, 0.25) is 11.8 Å². The summed E-state index contributed by atoms with van der Waals surface area (Å²) >= 11 is 2.75. The first-order valence-electron chi connectivity index (χ1n) is 15.1. The lowest BCUT2D eigenvalue weighted by Gasteiger charge is -2.43. The number of halogens is 1. The lowest BCUT2D eigenvalue weighted by atomic mass is 9.68. The Hall–Kier alpha value is -4.62. The summed E-state index contributed by atoms with van der Waals surface area (Å²) in [6.45, 7) is -0.279. The average Bonchev–Trinajstić information content (AvgIpc) is 3.80. The van der Waals surface area contributed by atoms with Crippen molar-refractivity contribution in [1.29, 1.82) is 0 Å². The third-order valence-corrected chi connectivity index (χ3v) is 12.5. The van der Waals surface area contributed by atoms with E-state index >= 15 is 0 Å². The van der Waals surface area contributed by atoms with Crippen LogP contribution in [0, 0.1) is 35.4 Å². The number of nitrogens with zero attached hydrogens (tertiary/aromatic N) is 1. The fourth-order valence-corrected chi connectivity index (χ4v) is 11.0. The second kappa shape index (κ2) is 11.3. The number of methoxy groups -OCH3 is 1. The van der Waals surface area contributed by atoms with Gasteiger partial charge in [-0.1, -0.05) is 17.4 Å². The van der Waals surface area contributed by atoms with Gasteiger partial charge < -0.3 is 24.9 Å². The number of aromatic amines is 1. The number of anilines is 2. The highest BCUT2D eigenvalue weighted by Crippen LogP contribution is 2.68. The van der Waals surface area contributed by atoms with Crippen molar-refractivity contribution in [3.05, 3.63) is 92.7 Å². The van der Waals surface area contributed by atoms with E-state index < -0.39 is 23.6 Å². The van der Waals surface area contributed by atoms with Crippen LogP contribution < -0.4 is 24.6 Å². The summed E-state index contributed by atoms with van der Waals surface area (Å²) < 4.78 is 25.2. The molecule has 2 bridgehead atoms. The average molecular weight is 674 g/mol. The van der Waals surface area contributed by atoms with Crippen LogP contribution in [0.2, 0.25) is 0 Å². The maximum Gasteiger partial charge on any atom is 0.305 e. The number of thioether (sulfide) groups is 1. The minimum atomic E-state index is -0.490. The molecular weight excluding hydrogens is 646 g/mol. The number of aromatic nitrogens is 1. The molecule has 3 aromatic carbocycles. The molecule has 4 aromatic rings. The van der Waals surface area contributed by atoms with Crippen LogP contribution >= 0.6 is 23.1 Å². The monoisotopic (exact) mass is 673 g/mol. The summed E-state index contributed by atoms with van der Waals surface area (Å²) in [6.07, 6.45) is 0.733. The minimum Gasteiger partial charge on any atom is -0.508 e. The number of fused-ring (bicyclic) bond motifs is 9. The zero-order valence-electron chi connectivity index (χ0n) is 24.8. The number of aromatic hydroxyl groups is 1. The number of imide groups is 1. The summed E-state index contributed by atoms with van der Waals surface area (Å²) in [6, 6.07) is 17.0. The molecule has 47 heavy (non-hydrogen) atoms. The van der Waals surface area contributed by atoms with Crippen LogP contribution in [0.5, 0.6) is 17.2 Å². The first-order valence-corrected chi connectivity index (χ1v) is 16.8. The highest BCUT2D eigenvalue weighted by Gasteiger charge is 2.69. The molecule has 1 aromatic heterocycles. The number of carbonyl (C=O) groups is 3. The van der Waals surface area contributed by atoms with Gasteiger partial charge in [0.25, 0.3) is 5.91 Å². The fraction of sp³-hybridized carbons (Fsp3) is 0.294. The lowest BCUT2D eigenvalue weighted by molar-refractivity contribution is -0.123. The Balaban J connectivity index is 1.09. The number of phenols is 1. The topological polar surface area (TPSA) is 138 Å². The standard InChI is InChI=1S/C34H28FN3O7S2/c1-44-23-12-15(2-11-22(23)45-14-24(40)36-17-5-9-19(39)10-6-17)25-26-20-13-21(29(26)46-31-30(25)47-34(43)37-31)28-27(20)32(41)38(33(28)42)18-7-3-16(35)4-8-18/h2-12,20-21,25-29,39H,13-14H2,1H3,(H,36,40)(H,37,43)/t20-,21-,25+,26-,27+,28+,29-/m1/s1. The second-order valence-electron chi connectivity index (χ2n) is 12.2. The van der Waals surface area contributed by atoms with E-state index in [2.05, 4.69) is 10.3 Å². The maximum atomic E-state index is 13.9. The Labute approximate surface area is 275 Å². The van der Waals surface area contributed by atoms with Gasteiger partial charge in [0.15, 0.2) is 18.1 Å². The lowest BCUT2D eigenvalue weighted by Crippen LogP contribution is -2.42. The van der Waals surface area contributed by atoms with Crippen molar-refractivity contribution >= 4 is 52.2 Å². The summed E-state index contributed by atoms with van der Waals surface area (Å²) in [5.74, 6) is -1.82. The number of amides is 3. The molecule has 2 aliphatic heterocycles. The molecule has 1 saturated heterocycles. The Bertz CT molecular complexity index is 1980. The summed E-state index contributed by atoms with van der Waals surface area (Å²) in [5.41, 5.74) is 1.77. The molecule has 2 aliphatic carbocycles. The SMILES string of the molecule is COc1cc([C@@H]2c3sc(=O)[nH]c3S[C@@H]3[C@@H]4C[C@@H]([C@@H]5C(=O)N(c6ccc(F)cc6)C(=O)[C@@H]45)[C@H]23)ccc1OCC(=O)Nc1ccc(O)cc1. The van der Waals surface area contributed by atoms with Crippen LogP contribution in [0.3, 0.4) is 0 Å². The minimum absolute atomic E-state index is 0.000524. The van der Waals surface area contributed by atoms with Crippen molar-refractivity contribution in [1.82, 2.24) is 4.98 Å². The second-order valence-corrected chi connectivity index (χ2v) is 14.4. The molecule has 8 rings (SSSR count). The van der Waals surface area contributed by atoms with E-state index in [4.69, 9.17) is 9.47 Å². The van der Waals surface area contributed by atoms with Crippen LogP contribution in [0.15, 0.2) is 76.6 Å². The van der Waals surface area contributed by atoms with E-state index in [1.165, 1.54) is 48.4 Å². The number of hydrogen-bond acceptors (Lipinski definition) is 9. The number of phenolic OH excluding ortho intramolecular Hbond substituents is 1. The molecule has 3 N–H and O–H groups in total. The van der Waals surface area contributed by atoms with Crippen molar-refractivity contribution in [2.75, 3.05) is 23.9 Å². The van der Waals surface area contributed by atoms with Gasteiger partial charge in [0.1, 0.15) is 11.6 Å². The molecule has 3 amide bonds. The molecule has 7 atom stereocenters.